The van der Waals surface area contributed by atoms with E-state index in [0.717, 1.165) is 16.7 Å². The van der Waals surface area contributed by atoms with Gasteiger partial charge >= 0.3 is 0 Å². The number of nitrogens with one attached hydrogen (secondary N) is 1. The van der Waals surface area contributed by atoms with Gasteiger partial charge in [-0.1, -0.05) is 36.4 Å². The summed E-state index contributed by atoms with van der Waals surface area (Å²) in [7, 11) is -3.50. The van der Waals surface area contributed by atoms with Crippen LogP contribution in [0.2, 0.25) is 0 Å². The Morgan fingerprint density at radius 1 is 0.950 bits per heavy atom. The smallest absolute Gasteiger partial charge is 0.255 e. The molecule has 0 fully saturated rings. The molecule has 4 heteroatoms. The first kappa shape index (κ1) is 14.3. The number of aryl methyl sites for hydroxylation is 2. The van der Waals surface area contributed by atoms with Gasteiger partial charge in [-0.2, -0.15) is 0 Å². The second-order valence-electron chi connectivity index (χ2n) is 4.74. The molecule has 104 valence electrons. The molecule has 0 aliphatic carbocycles. The zero-order valence-electron chi connectivity index (χ0n) is 11.5. The lowest BCUT2D eigenvalue weighted by Gasteiger charge is -2.06. The zero-order chi connectivity index (χ0) is 14.6. The lowest BCUT2D eigenvalue weighted by molar-refractivity contribution is 0.609. The van der Waals surface area contributed by atoms with Crippen LogP contribution in [-0.2, 0) is 10.0 Å². The summed E-state index contributed by atoms with van der Waals surface area (Å²) in [6, 6.07) is 14.9. The molecule has 0 unspecified atom stereocenters. The fourth-order valence-corrected chi connectivity index (χ4v) is 2.81. The first-order valence-electron chi connectivity index (χ1n) is 6.29. The van der Waals surface area contributed by atoms with Crippen molar-refractivity contribution in [3.8, 4) is 0 Å². The lowest BCUT2D eigenvalue weighted by Crippen LogP contribution is -2.09. The highest BCUT2D eigenvalue weighted by Crippen LogP contribution is 2.16. The fourth-order valence-electron chi connectivity index (χ4n) is 1.96. The summed E-state index contributed by atoms with van der Waals surface area (Å²) in [4.78, 5) is 0. The maximum Gasteiger partial charge on any atom is 0.255 e. The van der Waals surface area contributed by atoms with E-state index in [4.69, 9.17) is 0 Å². The highest BCUT2D eigenvalue weighted by molar-refractivity contribution is 7.95. The van der Waals surface area contributed by atoms with Gasteiger partial charge < -0.3 is 0 Å². The second kappa shape index (κ2) is 5.92. The van der Waals surface area contributed by atoms with E-state index in [9.17, 15) is 8.42 Å². The molecule has 0 aliphatic rings. The third-order valence-corrected chi connectivity index (χ3v) is 3.74. The van der Waals surface area contributed by atoms with E-state index in [2.05, 4.69) is 4.72 Å². The molecule has 2 aromatic rings. The SMILES string of the molecule is Cc1cc(C)cc(NS(=O)(=O)/C=C/c2ccccc2)c1. The number of anilines is 1. The van der Waals surface area contributed by atoms with E-state index in [0.29, 0.717) is 5.69 Å². The van der Waals surface area contributed by atoms with Gasteiger partial charge in [0.1, 0.15) is 0 Å². The van der Waals surface area contributed by atoms with Crippen molar-refractivity contribution >= 4 is 21.8 Å². The first-order valence-corrected chi connectivity index (χ1v) is 7.83. The zero-order valence-corrected chi connectivity index (χ0v) is 12.3. The summed E-state index contributed by atoms with van der Waals surface area (Å²) in [6.45, 7) is 3.87. The molecule has 2 rings (SSSR count). The van der Waals surface area contributed by atoms with E-state index in [-0.39, 0.29) is 0 Å². The molecule has 0 radical (unpaired) electrons. The maximum absolute atomic E-state index is 12.0. The van der Waals surface area contributed by atoms with Crippen LogP contribution in [0.1, 0.15) is 16.7 Å². The molecule has 0 amide bonds. The van der Waals surface area contributed by atoms with Crippen LogP contribution in [0, 0.1) is 13.8 Å². The molecule has 1 N–H and O–H groups in total. The monoisotopic (exact) mass is 287 g/mol. The van der Waals surface area contributed by atoms with Gasteiger partial charge in [-0.05, 0) is 48.7 Å². The summed E-state index contributed by atoms with van der Waals surface area (Å²) < 4.78 is 26.6. The lowest BCUT2D eigenvalue weighted by atomic mass is 10.1. The molecule has 0 saturated heterocycles. The average Bonchev–Trinajstić information content (AvgIpc) is 2.36. The van der Waals surface area contributed by atoms with E-state index >= 15 is 0 Å². The largest absolute Gasteiger partial charge is 0.280 e. The molecule has 0 aliphatic heterocycles. The molecular weight excluding hydrogens is 270 g/mol. The van der Waals surface area contributed by atoms with Gasteiger partial charge in [0.2, 0.25) is 0 Å². The van der Waals surface area contributed by atoms with Crippen molar-refractivity contribution in [3.63, 3.8) is 0 Å². The second-order valence-corrected chi connectivity index (χ2v) is 6.30. The summed E-state index contributed by atoms with van der Waals surface area (Å²) in [5, 5.41) is 1.18. The van der Waals surface area contributed by atoms with Crippen molar-refractivity contribution in [1.82, 2.24) is 0 Å². The molecule has 0 heterocycles. The van der Waals surface area contributed by atoms with E-state index < -0.39 is 10.0 Å². The number of sulfonamides is 1. The molecule has 3 nitrogen and oxygen atoms in total. The van der Waals surface area contributed by atoms with Crippen LogP contribution in [0.15, 0.2) is 53.9 Å². The van der Waals surface area contributed by atoms with E-state index in [1.54, 1.807) is 18.2 Å². The van der Waals surface area contributed by atoms with Gasteiger partial charge in [0, 0.05) is 5.69 Å². The molecular formula is C16H17NO2S. The van der Waals surface area contributed by atoms with Crippen LogP contribution >= 0.6 is 0 Å². The van der Waals surface area contributed by atoms with Gasteiger partial charge in [-0.25, -0.2) is 8.42 Å². The number of hydrogen-bond donors (Lipinski definition) is 1. The van der Waals surface area contributed by atoms with E-state index in [1.807, 2.05) is 50.2 Å². The number of benzene rings is 2. The Balaban J connectivity index is 2.17. The summed E-state index contributed by atoms with van der Waals surface area (Å²) in [6.07, 6.45) is 1.57. The highest BCUT2D eigenvalue weighted by atomic mass is 32.2. The predicted octanol–water partition coefficient (Wildman–Crippen LogP) is 3.72. The van der Waals surface area contributed by atoms with Crippen molar-refractivity contribution in [2.24, 2.45) is 0 Å². The Bertz CT molecular complexity index is 699. The molecule has 0 atom stereocenters. The normalized spacial score (nSPS) is 11.7. The Morgan fingerprint density at radius 2 is 1.55 bits per heavy atom. The van der Waals surface area contributed by atoms with Crippen molar-refractivity contribution in [1.29, 1.82) is 0 Å². The van der Waals surface area contributed by atoms with Crippen LogP contribution in [0.5, 0.6) is 0 Å². The van der Waals surface area contributed by atoms with Crippen molar-refractivity contribution in [3.05, 3.63) is 70.6 Å². The molecule has 0 spiro atoms. The third kappa shape index (κ3) is 4.24. The molecule has 0 bridgehead atoms. The summed E-state index contributed by atoms with van der Waals surface area (Å²) in [5.41, 5.74) is 3.47. The van der Waals surface area contributed by atoms with Crippen molar-refractivity contribution < 1.29 is 8.42 Å². The van der Waals surface area contributed by atoms with Crippen LogP contribution in [0.25, 0.3) is 6.08 Å². The van der Waals surface area contributed by atoms with Gasteiger partial charge in [0.05, 0.1) is 5.41 Å². The number of rotatable bonds is 4. The van der Waals surface area contributed by atoms with Gasteiger partial charge in [0.15, 0.2) is 0 Å². The molecule has 2 aromatic carbocycles. The van der Waals surface area contributed by atoms with Crippen molar-refractivity contribution in [2.45, 2.75) is 13.8 Å². The summed E-state index contributed by atoms with van der Waals surface area (Å²) >= 11 is 0. The van der Waals surface area contributed by atoms with Crippen LogP contribution < -0.4 is 4.72 Å². The van der Waals surface area contributed by atoms with Crippen LogP contribution in [-0.4, -0.2) is 8.42 Å². The van der Waals surface area contributed by atoms with Crippen LogP contribution in [0.3, 0.4) is 0 Å². The van der Waals surface area contributed by atoms with Gasteiger partial charge in [0.25, 0.3) is 10.0 Å². The van der Waals surface area contributed by atoms with Crippen LogP contribution in [0.4, 0.5) is 5.69 Å². The van der Waals surface area contributed by atoms with Gasteiger partial charge in [-0.3, -0.25) is 4.72 Å². The predicted molar refractivity (Wildman–Crippen MR) is 83.9 cm³/mol. The maximum atomic E-state index is 12.0. The quantitative estimate of drug-likeness (QED) is 0.931. The molecule has 20 heavy (non-hydrogen) atoms. The average molecular weight is 287 g/mol. The Labute approximate surface area is 120 Å². The topological polar surface area (TPSA) is 46.2 Å². The minimum Gasteiger partial charge on any atom is -0.280 e. The minimum atomic E-state index is -3.50. The Kier molecular flexibility index (Phi) is 4.25. The number of hydrogen-bond acceptors (Lipinski definition) is 2. The highest BCUT2D eigenvalue weighted by Gasteiger charge is 2.06. The molecule has 0 aromatic heterocycles. The summed E-state index contributed by atoms with van der Waals surface area (Å²) in [5.74, 6) is 0. The minimum absolute atomic E-state index is 0.584. The van der Waals surface area contributed by atoms with Gasteiger partial charge in [-0.15, -0.1) is 0 Å². The molecule has 0 saturated carbocycles. The first-order chi connectivity index (χ1) is 9.44. The Morgan fingerprint density at radius 3 is 2.15 bits per heavy atom. The third-order valence-electron chi connectivity index (χ3n) is 2.72. The standard InChI is InChI=1S/C16H17NO2S/c1-13-10-14(2)12-16(11-13)17-20(18,19)9-8-15-6-4-3-5-7-15/h3-12,17H,1-2H3/b9-8+. The fraction of sp³-hybridized carbons (Fsp3) is 0.125. The van der Waals surface area contributed by atoms with E-state index in [1.165, 1.54) is 5.41 Å². The van der Waals surface area contributed by atoms with Crippen molar-refractivity contribution in [2.75, 3.05) is 4.72 Å². The Hall–Kier alpha value is -2.07.